The van der Waals surface area contributed by atoms with Crippen LogP contribution in [0.4, 0.5) is 0 Å². The SMILES string of the molecule is C[PH+](c1ccccc1)c1ccccc1.C[PH+](c1ccccc1)c1ccccc1.[Pt].[c-]1ccccc1-c1ccccn1. The molecule has 0 bridgehead atoms. The minimum Gasteiger partial charge on any atom is -0.305 e. The van der Waals surface area contributed by atoms with Crippen LogP contribution in [0.2, 0.25) is 0 Å². The minimum absolute atomic E-state index is 0. The molecule has 0 spiro atoms. The summed E-state index contributed by atoms with van der Waals surface area (Å²) in [5.41, 5.74) is 2.01. The van der Waals surface area contributed by atoms with Gasteiger partial charge in [-0.2, -0.15) is 0 Å². The van der Waals surface area contributed by atoms with Gasteiger partial charge in [0.25, 0.3) is 0 Å². The Hall–Kier alpha value is -3.20. The Kier molecular flexibility index (Phi) is 14.4. The molecule has 0 fully saturated rings. The van der Waals surface area contributed by atoms with Crippen LogP contribution in [0.3, 0.4) is 0 Å². The van der Waals surface area contributed by atoms with Crippen molar-refractivity contribution in [3.05, 3.63) is 176 Å². The third kappa shape index (κ3) is 10.6. The Labute approximate surface area is 262 Å². The van der Waals surface area contributed by atoms with Gasteiger partial charge in [-0.25, -0.2) is 0 Å². The maximum atomic E-state index is 4.22. The van der Waals surface area contributed by atoms with E-state index in [1.165, 1.54) is 21.2 Å². The van der Waals surface area contributed by atoms with Crippen molar-refractivity contribution in [1.82, 2.24) is 4.98 Å². The van der Waals surface area contributed by atoms with Crippen LogP contribution in [-0.2, 0) is 21.1 Å². The predicted molar refractivity (Wildman–Crippen MR) is 181 cm³/mol. The molecule has 1 nitrogen and oxygen atoms in total. The van der Waals surface area contributed by atoms with E-state index in [-0.39, 0.29) is 21.1 Å². The Morgan fingerprint density at radius 2 is 0.805 bits per heavy atom. The molecule has 0 aliphatic rings. The summed E-state index contributed by atoms with van der Waals surface area (Å²) in [7, 11) is -1.09. The van der Waals surface area contributed by atoms with Crippen molar-refractivity contribution in [2.75, 3.05) is 13.3 Å². The smallest absolute Gasteiger partial charge is 0.0964 e. The third-order valence-corrected chi connectivity index (χ3v) is 11.3. The summed E-state index contributed by atoms with van der Waals surface area (Å²) >= 11 is 0. The first-order valence-electron chi connectivity index (χ1n) is 13.5. The molecule has 5 aromatic carbocycles. The average Bonchev–Trinajstić information content (AvgIpc) is 3.07. The van der Waals surface area contributed by atoms with Gasteiger partial charge in [-0.1, -0.05) is 84.9 Å². The first-order chi connectivity index (χ1) is 19.7. The first-order valence-corrected chi connectivity index (χ1v) is 17.5. The molecule has 208 valence electrons. The van der Waals surface area contributed by atoms with Crippen molar-refractivity contribution >= 4 is 37.1 Å². The van der Waals surface area contributed by atoms with Crippen LogP contribution >= 0.6 is 15.8 Å². The van der Waals surface area contributed by atoms with E-state index in [2.05, 4.69) is 146 Å². The van der Waals surface area contributed by atoms with Gasteiger partial charge in [-0.3, -0.25) is 0 Å². The number of benzene rings is 5. The normalized spacial score (nSPS) is 9.95. The number of pyridine rings is 1. The Bertz CT molecular complexity index is 1290. The van der Waals surface area contributed by atoms with Gasteiger partial charge in [-0.05, 0) is 60.3 Å². The summed E-state index contributed by atoms with van der Waals surface area (Å²) in [5.74, 6) is 0. The van der Waals surface area contributed by atoms with Crippen LogP contribution in [0.5, 0.6) is 0 Å². The molecule has 0 aliphatic heterocycles. The van der Waals surface area contributed by atoms with E-state index in [0.29, 0.717) is 0 Å². The molecule has 0 N–H and O–H groups in total. The van der Waals surface area contributed by atoms with Gasteiger partial charge < -0.3 is 4.98 Å². The molecule has 6 rings (SSSR count). The molecule has 1 aromatic heterocycles. The molecular weight excluding hydrogens is 715 g/mol. The molecule has 0 aliphatic carbocycles. The quantitative estimate of drug-likeness (QED) is 0.131. The van der Waals surface area contributed by atoms with Crippen LogP contribution < -0.4 is 21.2 Å². The predicted octanol–water partition coefficient (Wildman–Crippen LogP) is 7.51. The molecule has 41 heavy (non-hydrogen) atoms. The van der Waals surface area contributed by atoms with Crippen LogP contribution in [0.15, 0.2) is 170 Å². The number of nitrogens with zero attached hydrogens (tertiary/aromatic N) is 1. The van der Waals surface area contributed by atoms with Gasteiger partial charge in [0.2, 0.25) is 0 Å². The maximum absolute atomic E-state index is 4.22. The van der Waals surface area contributed by atoms with Gasteiger partial charge in [0.05, 0.1) is 50.4 Å². The number of hydrogen-bond acceptors (Lipinski definition) is 1. The van der Waals surface area contributed by atoms with E-state index in [0.717, 1.165) is 11.3 Å². The van der Waals surface area contributed by atoms with Crippen LogP contribution in [0, 0.1) is 6.07 Å². The fourth-order valence-electron chi connectivity index (χ4n) is 4.16. The first kappa shape index (κ1) is 32.3. The monoisotopic (exact) mass is 751 g/mol. The van der Waals surface area contributed by atoms with E-state index < -0.39 is 15.8 Å². The second kappa shape index (κ2) is 18.3. The summed E-state index contributed by atoms with van der Waals surface area (Å²) < 4.78 is 0. The Morgan fingerprint density at radius 3 is 1.12 bits per heavy atom. The minimum atomic E-state index is -0.545. The van der Waals surface area contributed by atoms with Gasteiger partial charge in [0, 0.05) is 27.3 Å². The zero-order valence-corrected chi connectivity index (χ0v) is 27.7. The van der Waals surface area contributed by atoms with E-state index in [9.17, 15) is 0 Å². The molecule has 0 radical (unpaired) electrons. The third-order valence-electron chi connectivity index (χ3n) is 6.48. The fraction of sp³-hybridized carbons (Fsp3) is 0.0541. The van der Waals surface area contributed by atoms with Gasteiger partial charge >= 0.3 is 0 Å². The van der Waals surface area contributed by atoms with Crippen molar-refractivity contribution in [3.63, 3.8) is 0 Å². The summed E-state index contributed by atoms with van der Waals surface area (Å²) in [6.07, 6.45) is 1.79. The summed E-state index contributed by atoms with van der Waals surface area (Å²) in [6, 6.07) is 59.8. The summed E-state index contributed by atoms with van der Waals surface area (Å²) in [4.78, 5) is 4.22. The molecule has 6 aromatic rings. The van der Waals surface area contributed by atoms with E-state index in [4.69, 9.17) is 0 Å². The van der Waals surface area contributed by atoms with Crippen LogP contribution in [0.25, 0.3) is 11.3 Å². The molecule has 0 amide bonds. The second-order valence-electron chi connectivity index (χ2n) is 9.21. The Morgan fingerprint density at radius 1 is 0.439 bits per heavy atom. The molecule has 0 saturated heterocycles. The summed E-state index contributed by atoms with van der Waals surface area (Å²) in [5, 5.41) is 5.90. The van der Waals surface area contributed by atoms with Crippen molar-refractivity contribution in [1.29, 1.82) is 0 Å². The molecule has 0 atom stereocenters. The number of aromatic nitrogens is 1. The molecular formula is C37H36NP2Pt+. The van der Waals surface area contributed by atoms with Crippen molar-refractivity contribution < 1.29 is 21.1 Å². The van der Waals surface area contributed by atoms with Crippen LogP contribution in [0.1, 0.15) is 0 Å². The molecule has 1 heterocycles. The zero-order valence-electron chi connectivity index (χ0n) is 23.4. The number of hydrogen-bond donors (Lipinski definition) is 0. The largest absolute Gasteiger partial charge is 0.305 e. The zero-order chi connectivity index (χ0) is 27.8. The van der Waals surface area contributed by atoms with E-state index in [1.807, 2.05) is 42.5 Å². The molecule has 0 unspecified atom stereocenters. The van der Waals surface area contributed by atoms with Crippen LogP contribution in [-0.4, -0.2) is 18.3 Å². The van der Waals surface area contributed by atoms with Crippen molar-refractivity contribution in [2.45, 2.75) is 0 Å². The molecule has 4 heteroatoms. The molecule has 0 saturated carbocycles. The standard InChI is InChI=1S/2C13H13P.C11H8N.Pt/c2*1-14(12-8-4-2-5-9-12)13-10-6-3-7-11-13;1-2-6-10(7-3-1)11-8-4-5-9-12-11;/h2*2-11H,1H3;1-6,8-9H;/q;;-1;/p+2. The topological polar surface area (TPSA) is 12.9 Å². The fourth-order valence-corrected chi connectivity index (χ4v) is 7.60. The van der Waals surface area contributed by atoms with Gasteiger partial charge in [-0.15, -0.1) is 35.9 Å². The van der Waals surface area contributed by atoms with Gasteiger partial charge in [0.1, 0.15) is 0 Å². The van der Waals surface area contributed by atoms with Gasteiger partial charge in [0.15, 0.2) is 0 Å². The van der Waals surface area contributed by atoms with E-state index >= 15 is 0 Å². The number of rotatable bonds is 5. The van der Waals surface area contributed by atoms with Crippen molar-refractivity contribution in [3.8, 4) is 11.3 Å². The summed E-state index contributed by atoms with van der Waals surface area (Å²) in [6.45, 7) is 4.69. The van der Waals surface area contributed by atoms with Crippen molar-refractivity contribution in [2.24, 2.45) is 0 Å². The van der Waals surface area contributed by atoms with E-state index in [1.54, 1.807) is 6.20 Å². The second-order valence-corrected chi connectivity index (χ2v) is 14.0. The Balaban J connectivity index is 0.000000168. The average molecular weight is 752 g/mol. The maximum Gasteiger partial charge on any atom is 0.0964 e.